The number of Topliss-reactive ketones (excluding diaryl/α,β-unsaturated/α-hetero) is 1. The second-order valence-corrected chi connectivity index (χ2v) is 5.64. The highest BCUT2D eigenvalue weighted by Gasteiger charge is 2.29. The van der Waals surface area contributed by atoms with E-state index in [1.54, 1.807) is 4.90 Å². The van der Waals surface area contributed by atoms with Gasteiger partial charge in [-0.15, -0.1) is 0 Å². The Morgan fingerprint density at radius 1 is 1.30 bits per heavy atom. The van der Waals surface area contributed by atoms with E-state index in [-0.39, 0.29) is 23.7 Å². The van der Waals surface area contributed by atoms with Crippen LogP contribution in [-0.4, -0.2) is 30.9 Å². The van der Waals surface area contributed by atoms with Gasteiger partial charge in [0, 0.05) is 30.1 Å². The van der Waals surface area contributed by atoms with Crippen LogP contribution in [0.2, 0.25) is 0 Å². The molecule has 2 fully saturated rings. The number of hydrogen-bond donors (Lipinski definition) is 0. The number of benzene rings is 1. The first kappa shape index (κ1) is 13.3. The van der Waals surface area contributed by atoms with Crippen molar-refractivity contribution < 1.29 is 14.3 Å². The zero-order valence-corrected chi connectivity index (χ0v) is 11.7. The molecule has 0 spiro atoms. The van der Waals surface area contributed by atoms with Crippen molar-refractivity contribution in [2.45, 2.75) is 32.3 Å². The SMILES string of the molecule is CC1CC(C(=O)c2ccc(N3CCCC3=O)cc2)CO1. The third-order valence-corrected chi connectivity index (χ3v) is 4.11. The van der Waals surface area contributed by atoms with Crippen molar-refractivity contribution in [2.75, 3.05) is 18.1 Å². The molecule has 0 saturated carbocycles. The number of carbonyl (C=O) groups is 2. The molecule has 2 atom stereocenters. The van der Waals surface area contributed by atoms with Gasteiger partial charge in [-0.25, -0.2) is 0 Å². The van der Waals surface area contributed by atoms with Crippen molar-refractivity contribution in [3.8, 4) is 0 Å². The second-order valence-electron chi connectivity index (χ2n) is 5.64. The molecule has 3 rings (SSSR count). The topological polar surface area (TPSA) is 46.6 Å². The number of ketones is 1. The molecule has 4 nitrogen and oxygen atoms in total. The van der Waals surface area contributed by atoms with Crippen molar-refractivity contribution in [1.82, 2.24) is 0 Å². The summed E-state index contributed by atoms with van der Waals surface area (Å²) in [5.41, 5.74) is 1.60. The van der Waals surface area contributed by atoms with Gasteiger partial charge in [-0.3, -0.25) is 9.59 Å². The maximum atomic E-state index is 12.3. The van der Waals surface area contributed by atoms with Gasteiger partial charge < -0.3 is 9.64 Å². The first-order valence-electron chi connectivity index (χ1n) is 7.21. The molecule has 20 heavy (non-hydrogen) atoms. The Balaban J connectivity index is 1.72. The molecular formula is C16H19NO3. The van der Waals surface area contributed by atoms with Crippen molar-refractivity contribution >= 4 is 17.4 Å². The molecule has 0 N–H and O–H groups in total. The molecule has 2 saturated heterocycles. The normalized spacial score (nSPS) is 26.2. The van der Waals surface area contributed by atoms with E-state index < -0.39 is 0 Å². The van der Waals surface area contributed by atoms with Gasteiger partial charge in [-0.2, -0.15) is 0 Å². The molecular weight excluding hydrogens is 254 g/mol. The highest BCUT2D eigenvalue weighted by molar-refractivity contribution is 5.99. The lowest BCUT2D eigenvalue weighted by Gasteiger charge is -2.16. The summed E-state index contributed by atoms with van der Waals surface area (Å²) in [4.78, 5) is 25.8. The van der Waals surface area contributed by atoms with E-state index >= 15 is 0 Å². The van der Waals surface area contributed by atoms with Crippen molar-refractivity contribution in [2.24, 2.45) is 5.92 Å². The summed E-state index contributed by atoms with van der Waals surface area (Å²) in [5.74, 6) is 0.292. The van der Waals surface area contributed by atoms with E-state index in [1.165, 1.54) is 0 Å². The number of anilines is 1. The quantitative estimate of drug-likeness (QED) is 0.795. The molecule has 2 aliphatic heterocycles. The lowest BCUT2D eigenvalue weighted by molar-refractivity contribution is -0.117. The fourth-order valence-electron chi connectivity index (χ4n) is 2.96. The molecule has 1 amide bonds. The summed E-state index contributed by atoms with van der Waals surface area (Å²) in [7, 11) is 0. The van der Waals surface area contributed by atoms with E-state index in [0.29, 0.717) is 18.6 Å². The van der Waals surface area contributed by atoms with Crippen LogP contribution in [0.4, 0.5) is 5.69 Å². The molecule has 2 aliphatic rings. The van der Waals surface area contributed by atoms with Crippen molar-refractivity contribution in [1.29, 1.82) is 0 Å². The van der Waals surface area contributed by atoms with Crippen LogP contribution in [0.15, 0.2) is 24.3 Å². The average molecular weight is 273 g/mol. The minimum atomic E-state index is -0.0238. The van der Waals surface area contributed by atoms with E-state index in [2.05, 4.69) is 0 Å². The van der Waals surface area contributed by atoms with Gasteiger partial charge in [0.25, 0.3) is 0 Å². The van der Waals surface area contributed by atoms with Gasteiger partial charge in [0.05, 0.1) is 12.7 Å². The summed E-state index contributed by atoms with van der Waals surface area (Å²) < 4.78 is 5.45. The standard InChI is InChI=1S/C16H19NO3/c1-11-9-13(10-20-11)16(19)12-4-6-14(7-5-12)17-8-2-3-15(17)18/h4-7,11,13H,2-3,8-10H2,1H3. The summed E-state index contributed by atoms with van der Waals surface area (Å²) in [5, 5.41) is 0. The Morgan fingerprint density at radius 2 is 2.05 bits per heavy atom. The Kier molecular flexibility index (Phi) is 3.57. The molecule has 1 aromatic carbocycles. The molecule has 0 aliphatic carbocycles. The number of rotatable bonds is 3. The maximum absolute atomic E-state index is 12.3. The summed E-state index contributed by atoms with van der Waals surface area (Å²) in [6.07, 6.45) is 2.51. The summed E-state index contributed by atoms with van der Waals surface area (Å²) in [6, 6.07) is 7.39. The summed E-state index contributed by atoms with van der Waals surface area (Å²) in [6.45, 7) is 3.29. The van der Waals surface area contributed by atoms with E-state index in [1.807, 2.05) is 31.2 Å². The van der Waals surface area contributed by atoms with Crippen LogP contribution in [0.25, 0.3) is 0 Å². The number of amides is 1. The lowest BCUT2D eigenvalue weighted by Crippen LogP contribution is -2.23. The van der Waals surface area contributed by atoms with E-state index in [9.17, 15) is 9.59 Å². The molecule has 4 heteroatoms. The van der Waals surface area contributed by atoms with E-state index in [4.69, 9.17) is 4.74 Å². The second kappa shape index (κ2) is 5.37. The van der Waals surface area contributed by atoms with Gasteiger partial charge in [0.2, 0.25) is 5.91 Å². The van der Waals surface area contributed by atoms with Crippen LogP contribution in [0, 0.1) is 5.92 Å². The lowest BCUT2D eigenvalue weighted by atomic mass is 9.95. The number of nitrogens with zero attached hydrogens (tertiary/aromatic N) is 1. The fourth-order valence-corrected chi connectivity index (χ4v) is 2.96. The van der Waals surface area contributed by atoms with Gasteiger partial charge in [-0.05, 0) is 44.0 Å². The number of ether oxygens (including phenoxy) is 1. The zero-order chi connectivity index (χ0) is 14.1. The Labute approximate surface area is 118 Å². The smallest absolute Gasteiger partial charge is 0.227 e. The largest absolute Gasteiger partial charge is 0.378 e. The maximum Gasteiger partial charge on any atom is 0.227 e. The van der Waals surface area contributed by atoms with Crippen LogP contribution in [0.5, 0.6) is 0 Å². The van der Waals surface area contributed by atoms with Crippen LogP contribution >= 0.6 is 0 Å². The van der Waals surface area contributed by atoms with Crippen LogP contribution in [-0.2, 0) is 9.53 Å². The molecule has 2 unspecified atom stereocenters. The van der Waals surface area contributed by atoms with Crippen LogP contribution in [0.1, 0.15) is 36.5 Å². The Hall–Kier alpha value is -1.68. The average Bonchev–Trinajstić information content (AvgIpc) is 3.07. The molecule has 1 aromatic rings. The molecule has 106 valence electrons. The minimum Gasteiger partial charge on any atom is -0.378 e. The van der Waals surface area contributed by atoms with Crippen LogP contribution < -0.4 is 4.90 Å². The van der Waals surface area contributed by atoms with E-state index in [0.717, 1.165) is 25.1 Å². The van der Waals surface area contributed by atoms with Crippen molar-refractivity contribution in [3.05, 3.63) is 29.8 Å². The predicted molar refractivity (Wildman–Crippen MR) is 75.9 cm³/mol. The van der Waals surface area contributed by atoms with Gasteiger partial charge in [0.15, 0.2) is 5.78 Å². The Morgan fingerprint density at radius 3 is 2.60 bits per heavy atom. The fraction of sp³-hybridized carbons (Fsp3) is 0.500. The third kappa shape index (κ3) is 2.48. The first-order valence-corrected chi connectivity index (χ1v) is 7.21. The molecule has 2 heterocycles. The molecule has 0 radical (unpaired) electrons. The van der Waals surface area contributed by atoms with Gasteiger partial charge in [-0.1, -0.05) is 0 Å². The zero-order valence-electron chi connectivity index (χ0n) is 11.7. The number of carbonyl (C=O) groups excluding carboxylic acids is 2. The number of hydrogen-bond acceptors (Lipinski definition) is 3. The highest BCUT2D eigenvalue weighted by atomic mass is 16.5. The Bertz CT molecular complexity index is 523. The summed E-state index contributed by atoms with van der Waals surface area (Å²) >= 11 is 0. The third-order valence-electron chi connectivity index (χ3n) is 4.11. The first-order chi connectivity index (χ1) is 9.65. The van der Waals surface area contributed by atoms with Gasteiger partial charge >= 0.3 is 0 Å². The minimum absolute atomic E-state index is 0.0238. The molecule has 0 aromatic heterocycles. The highest BCUT2D eigenvalue weighted by Crippen LogP contribution is 2.25. The molecule has 0 bridgehead atoms. The monoisotopic (exact) mass is 273 g/mol. The predicted octanol–water partition coefficient (Wildman–Crippen LogP) is 2.42. The van der Waals surface area contributed by atoms with Crippen LogP contribution in [0.3, 0.4) is 0 Å². The van der Waals surface area contributed by atoms with Gasteiger partial charge in [0.1, 0.15) is 0 Å². The van der Waals surface area contributed by atoms with Crippen molar-refractivity contribution in [3.63, 3.8) is 0 Å².